The van der Waals surface area contributed by atoms with Crippen LogP contribution in [0.15, 0.2) is 71.3 Å². The summed E-state index contributed by atoms with van der Waals surface area (Å²) >= 11 is 6.12. The molecule has 4 aromatic rings. The molecule has 1 saturated carbocycles. The Morgan fingerprint density at radius 3 is 2.51 bits per heavy atom. The van der Waals surface area contributed by atoms with Crippen molar-refractivity contribution in [1.82, 2.24) is 14.7 Å². The molecule has 2 aromatic carbocycles. The Balaban J connectivity index is 1.57. The number of furan rings is 1. The molecule has 0 radical (unpaired) electrons. The molecule has 7 nitrogen and oxygen atoms in total. The van der Waals surface area contributed by atoms with Gasteiger partial charge in [0.15, 0.2) is 17.3 Å². The minimum atomic E-state index is -0.149. The van der Waals surface area contributed by atoms with E-state index in [0.717, 1.165) is 29.8 Å². The molecule has 0 spiro atoms. The first kappa shape index (κ1) is 23.1. The lowest BCUT2D eigenvalue weighted by Crippen LogP contribution is -2.32. The number of methoxy groups -OCH3 is 1. The highest BCUT2D eigenvalue weighted by Crippen LogP contribution is 2.37. The Labute approximate surface area is 208 Å². The van der Waals surface area contributed by atoms with E-state index in [4.69, 9.17) is 30.6 Å². The normalized spacial score (nSPS) is 13.0. The van der Waals surface area contributed by atoms with Crippen molar-refractivity contribution in [2.24, 2.45) is 5.92 Å². The number of rotatable bonds is 9. The number of para-hydroxylation sites is 2. The number of hydrogen-bond donors (Lipinski definition) is 0. The Morgan fingerprint density at radius 2 is 1.86 bits per heavy atom. The average Bonchev–Trinajstić information content (AvgIpc) is 3.41. The second-order valence-corrected chi connectivity index (χ2v) is 9.05. The molecule has 5 rings (SSSR count). The van der Waals surface area contributed by atoms with Gasteiger partial charge in [-0.2, -0.15) is 5.10 Å². The maximum atomic E-state index is 13.3. The number of carbonyl (C=O) groups is 1. The van der Waals surface area contributed by atoms with Crippen LogP contribution < -0.4 is 9.47 Å². The van der Waals surface area contributed by atoms with Crippen LogP contribution >= 0.6 is 11.6 Å². The average molecular weight is 492 g/mol. The quantitative estimate of drug-likeness (QED) is 0.275. The number of aryl methyl sites for hydroxylation is 1. The predicted molar refractivity (Wildman–Crippen MR) is 133 cm³/mol. The molecule has 180 valence electrons. The minimum Gasteiger partial charge on any atom is -0.493 e. The number of nitrogens with zero attached hydrogens (tertiary/aromatic N) is 3. The number of aromatic nitrogens is 2. The van der Waals surface area contributed by atoms with Gasteiger partial charge in [-0.15, -0.1) is 0 Å². The molecular formula is C27H26ClN3O4. The summed E-state index contributed by atoms with van der Waals surface area (Å²) in [7, 11) is 1.60. The SMILES string of the molecule is COc1ccccc1Oc1c(CN(CC2CC2)C(=O)c2ccco2)c(C)nn1-c1ccc(Cl)cc1. The Kier molecular flexibility index (Phi) is 6.51. The molecule has 0 atom stereocenters. The van der Waals surface area contributed by atoms with Gasteiger partial charge in [0.25, 0.3) is 5.91 Å². The largest absolute Gasteiger partial charge is 0.493 e. The molecule has 1 amide bonds. The number of benzene rings is 2. The molecule has 1 aliphatic rings. The van der Waals surface area contributed by atoms with E-state index < -0.39 is 0 Å². The molecule has 8 heteroatoms. The highest BCUT2D eigenvalue weighted by atomic mass is 35.5. The van der Waals surface area contributed by atoms with E-state index in [0.29, 0.717) is 47.2 Å². The van der Waals surface area contributed by atoms with Gasteiger partial charge in [-0.05, 0) is 74.2 Å². The first-order valence-electron chi connectivity index (χ1n) is 11.5. The van der Waals surface area contributed by atoms with Crippen molar-refractivity contribution in [2.45, 2.75) is 26.3 Å². The molecule has 0 saturated heterocycles. The van der Waals surface area contributed by atoms with E-state index in [1.165, 1.54) is 6.26 Å². The fraction of sp³-hybridized carbons (Fsp3) is 0.259. The monoisotopic (exact) mass is 491 g/mol. The molecule has 35 heavy (non-hydrogen) atoms. The van der Waals surface area contributed by atoms with Gasteiger partial charge in [-0.3, -0.25) is 4.79 Å². The third-order valence-corrected chi connectivity index (χ3v) is 6.28. The number of ether oxygens (including phenoxy) is 2. The summed E-state index contributed by atoms with van der Waals surface area (Å²) in [6, 6.07) is 18.2. The van der Waals surface area contributed by atoms with Gasteiger partial charge in [-0.1, -0.05) is 23.7 Å². The van der Waals surface area contributed by atoms with E-state index in [2.05, 4.69) is 0 Å². The van der Waals surface area contributed by atoms with Gasteiger partial charge in [0.1, 0.15) is 0 Å². The lowest BCUT2D eigenvalue weighted by molar-refractivity contribution is 0.0701. The number of hydrogen-bond acceptors (Lipinski definition) is 5. The summed E-state index contributed by atoms with van der Waals surface area (Å²) in [6.45, 7) is 2.91. The predicted octanol–water partition coefficient (Wildman–Crippen LogP) is 6.28. The second-order valence-electron chi connectivity index (χ2n) is 8.62. The van der Waals surface area contributed by atoms with Gasteiger partial charge in [-0.25, -0.2) is 4.68 Å². The van der Waals surface area contributed by atoms with E-state index in [-0.39, 0.29) is 5.91 Å². The Bertz CT molecular complexity index is 1310. The van der Waals surface area contributed by atoms with Gasteiger partial charge >= 0.3 is 0 Å². The maximum Gasteiger partial charge on any atom is 0.289 e. The smallest absolute Gasteiger partial charge is 0.289 e. The summed E-state index contributed by atoms with van der Waals surface area (Å²) in [5.74, 6) is 2.34. The fourth-order valence-corrected chi connectivity index (χ4v) is 4.09. The molecule has 2 heterocycles. The first-order chi connectivity index (χ1) is 17.0. The standard InChI is InChI=1S/C27H26ClN3O4/c1-18-22(17-30(16-19-9-10-19)26(32)25-8-5-15-34-25)27(35-24-7-4-3-6-23(24)33-2)31(29-18)21-13-11-20(28)12-14-21/h3-8,11-15,19H,9-10,16-17H2,1-2H3. The van der Waals surface area contributed by atoms with Crippen LogP contribution in [0.2, 0.25) is 5.02 Å². The van der Waals surface area contributed by atoms with Crippen molar-refractivity contribution in [2.75, 3.05) is 13.7 Å². The zero-order chi connectivity index (χ0) is 24.4. The molecule has 1 aliphatic carbocycles. The molecule has 0 bridgehead atoms. The molecule has 0 unspecified atom stereocenters. The molecular weight excluding hydrogens is 466 g/mol. The third-order valence-electron chi connectivity index (χ3n) is 6.03. The van der Waals surface area contributed by atoms with Gasteiger partial charge < -0.3 is 18.8 Å². The summed E-state index contributed by atoms with van der Waals surface area (Å²) in [5, 5.41) is 5.41. The van der Waals surface area contributed by atoms with Gasteiger partial charge in [0.05, 0.1) is 36.9 Å². The van der Waals surface area contributed by atoms with E-state index >= 15 is 0 Å². The number of amides is 1. The van der Waals surface area contributed by atoms with E-state index in [1.54, 1.807) is 36.1 Å². The minimum absolute atomic E-state index is 0.149. The van der Waals surface area contributed by atoms with Crippen LogP contribution in [0.3, 0.4) is 0 Å². The van der Waals surface area contributed by atoms with Crippen molar-refractivity contribution in [1.29, 1.82) is 0 Å². The Hall–Kier alpha value is -3.71. The summed E-state index contributed by atoms with van der Waals surface area (Å²) < 4.78 is 19.1. The lowest BCUT2D eigenvalue weighted by Gasteiger charge is -2.22. The van der Waals surface area contributed by atoms with Crippen LogP contribution in [-0.4, -0.2) is 34.2 Å². The van der Waals surface area contributed by atoms with Crippen molar-refractivity contribution in [3.63, 3.8) is 0 Å². The highest BCUT2D eigenvalue weighted by Gasteiger charge is 2.31. The topological polar surface area (TPSA) is 69.7 Å². The van der Waals surface area contributed by atoms with Crippen LogP contribution in [-0.2, 0) is 6.54 Å². The lowest BCUT2D eigenvalue weighted by atomic mass is 10.2. The molecule has 2 aromatic heterocycles. The van der Waals surface area contributed by atoms with Crippen molar-refractivity contribution in [3.8, 4) is 23.1 Å². The second kappa shape index (κ2) is 9.88. The zero-order valence-corrected chi connectivity index (χ0v) is 20.4. The highest BCUT2D eigenvalue weighted by molar-refractivity contribution is 6.30. The van der Waals surface area contributed by atoms with E-state index in [9.17, 15) is 4.79 Å². The summed E-state index contributed by atoms with van der Waals surface area (Å²) in [4.78, 5) is 15.1. The van der Waals surface area contributed by atoms with Crippen molar-refractivity contribution >= 4 is 17.5 Å². The Morgan fingerprint density at radius 1 is 1.11 bits per heavy atom. The third kappa shape index (κ3) is 5.05. The van der Waals surface area contributed by atoms with Crippen LogP contribution in [0.4, 0.5) is 0 Å². The number of halogens is 1. The van der Waals surface area contributed by atoms with Gasteiger partial charge in [0, 0.05) is 11.6 Å². The van der Waals surface area contributed by atoms with Crippen molar-refractivity contribution in [3.05, 3.63) is 89.0 Å². The zero-order valence-electron chi connectivity index (χ0n) is 19.6. The van der Waals surface area contributed by atoms with E-state index in [1.807, 2.05) is 48.2 Å². The fourth-order valence-electron chi connectivity index (χ4n) is 3.97. The summed E-state index contributed by atoms with van der Waals surface area (Å²) in [5.41, 5.74) is 2.36. The van der Waals surface area contributed by atoms with Gasteiger partial charge in [0.2, 0.25) is 5.88 Å². The van der Waals surface area contributed by atoms with Crippen LogP contribution in [0.5, 0.6) is 17.4 Å². The molecule has 0 aliphatic heterocycles. The molecule has 0 N–H and O–H groups in total. The molecule has 1 fully saturated rings. The van der Waals surface area contributed by atoms with Crippen LogP contribution in [0.1, 0.15) is 34.7 Å². The van der Waals surface area contributed by atoms with Crippen molar-refractivity contribution < 1.29 is 18.7 Å². The first-order valence-corrected chi connectivity index (χ1v) is 11.9. The van der Waals surface area contributed by atoms with Crippen LogP contribution in [0, 0.1) is 12.8 Å². The van der Waals surface area contributed by atoms with Crippen LogP contribution in [0.25, 0.3) is 5.69 Å². The summed E-state index contributed by atoms with van der Waals surface area (Å²) in [6.07, 6.45) is 3.76. The maximum absolute atomic E-state index is 13.3. The number of carbonyl (C=O) groups excluding carboxylic acids is 1.